The first-order valence-electron chi connectivity index (χ1n) is 6.53. The topological polar surface area (TPSA) is 29.3 Å². The third kappa shape index (κ3) is 4.52. The molecule has 1 rings (SSSR count). The molecule has 1 atom stereocenters. The molecule has 2 heteroatoms. The third-order valence-corrected chi connectivity index (χ3v) is 3.75. The summed E-state index contributed by atoms with van der Waals surface area (Å²) in [5.74, 6) is 0.794. The lowest BCUT2D eigenvalue weighted by molar-refractivity contribution is 0.181. The van der Waals surface area contributed by atoms with Gasteiger partial charge in [-0.3, -0.25) is 0 Å². The molecule has 0 amide bonds. The zero-order valence-corrected chi connectivity index (χ0v) is 10.8. The standard InChI is InChI=1S/C13H28N2/c1-4-12(2)10-15(3)11-13(14)8-6-5-7-9-13/h12H,4-11,14H2,1-3H3. The van der Waals surface area contributed by atoms with Crippen LogP contribution in [0, 0.1) is 5.92 Å². The first kappa shape index (κ1) is 13.0. The first-order valence-corrected chi connectivity index (χ1v) is 6.53. The summed E-state index contributed by atoms with van der Waals surface area (Å²) in [6.45, 7) is 6.85. The lowest BCUT2D eigenvalue weighted by Crippen LogP contribution is -2.51. The van der Waals surface area contributed by atoms with Crippen LogP contribution < -0.4 is 5.73 Å². The molecule has 0 aromatic heterocycles. The average molecular weight is 212 g/mol. The Labute approximate surface area is 95.2 Å². The molecule has 90 valence electrons. The minimum atomic E-state index is 0.112. The molecule has 0 heterocycles. The van der Waals surface area contributed by atoms with E-state index in [0.717, 1.165) is 12.5 Å². The van der Waals surface area contributed by atoms with Gasteiger partial charge in [0.25, 0.3) is 0 Å². The third-order valence-electron chi connectivity index (χ3n) is 3.75. The highest BCUT2D eigenvalue weighted by atomic mass is 15.1. The van der Waals surface area contributed by atoms with E-state index in [9.17, 15) is 0 Å². The summed E-state index contributed by atoms with van der Waals surface area (Å²) in [6, 6.07) is 0. The van der Waals surface area contributed by atoms with Gasteiger partial charge in [-0.15, -0.1) is 0 Å². The van der Waals surface area contributed by atoms with Crippen molar-refractivity contribution in [3.63, 3.8) is 0 Å². The minimum absolute atomic E-state index is 0.112. The van der Waals surface area contributed by atoms with Crippen molar-refractivity contribution in [2.75, 3.05) is 20.1 Å². The molecule has 0 spiro atoms. The van der Waals surface area contributed by atoms with E-state index in [0.29, 0.717) is 0 Å². The van der Waals surface area contributed by atoms with E-state index in [1.54, 1.807) is 0 Å². The Morgan fingerprint density at radius 1 is 1.27 bits per heavy atom. The molecule has 0 radical (unpaired) electrons. The van der Waals surface area contributed by atoms with Crippen molar-refractivity contribution in [3.05, 3.63) is 0 Å². The number of hydrogen-bond donors (Lipinski definition) is 1. The Kier molecular flexibility index (Phi) is 5.07. The Bertz CT molecular complexity index is 173. The fourth-order valence-electron chi connectivity index (χ4n) is 2.68. The Morgan fingerprint density at radius 2 is 1.87 bits per heavy atom. The highest BCUT2D eigenvalue weighted by molar-refractivity contribution is 4.89. The predicted octanol–water partition coefficient (Wildman–Crippen LogP) is 2.63. The highest BCUT2D eigenvalue weighted by Gasteiger charge is 2.28. The fourth-order valence-corrected chi connectivity index (χ4v) is 2.68. The Hall–Kier alpha value is -0.0800. The second-order valence-electron chi connectivity index (χ2n) is 5.63. The van der Waals surface area contributed by atoms with Gasteiger partial charge < -0.3 is 10.6 Å². The van der Waals surface area contributed by atoms with Crippen LogP contribution in [0.1, 0.15) is 52.4 Å². The van der Waals surface area contributed by atoms with Gasteiger partial charge in [0.1, 0.15) is 0 Å². The summed E-state index contributed by atoms with van der Waals surface area (Å²) in [5.41, 5.74) is 6.55. The summed E-state index contributed by atoms with van der Waals surface area (Å²) in [4.78, 5) is 2.43. The maximum atomic E-state index is 6.44. The molecule has 0 aromatic carbocycles. The zero-order chi connectivity index (χ0) is 11.3. The summed E-state index contributed by atoms with van der Waals surface area (Å²) in [6.07, 6.45) is 7.74. The fraction of sp³-hybridized carbons (Fsp3) is 1.00. The van der Waals surface area contributed by atoms with Crippen LogP contribution in [0.15, 0.2) is 0 Å². The number of hydrogen-bond acceptors (Lipinski definition) is 2. The minimum Gasteiger partial charge on any atom is -0.324 e. The second kappa shape index (κ2) is 5.86. The quantitative estimate of drug-likeness (QED) is 0.759. The maximum Gasteiger partial charge on any atom is 0.0283 e. The van der Waals surface area contributed by atoms with Crippen molar-refractivity contribution >= 4 is 0 Å². The van der Waals surface area contributed by atoms with Gasteiger partial charge in [0.15, 0.2) is 0 Å². The van der Waals surface area contributed by atoms with Gasteiger partial charge in [-0.2, -0.15) is 0 Å². The van der Waals surface area contributed by atoms with Crippen molar-refractivity contribution in [2.45, 2.75) is 57.9 Å². The van der Waals surface area contributed by atoms with E-state index in [1.165, 1.54) is 45.1 Å². The molecule has 0 aromatic rings. The molecule has 0 bridgehead atoms. The molecule has 1 fully saturated rings. The molecule has 1 unspecified atom stereocenters. The van der Waals surface area contributed by atoms with Gasteiger partial charge >= 0.3 is 0 Å². The zero-order valence-electron chi connectivity index (χ0n) is 10.8. The van der Waals surface area contributed by atoms with Gasteiger partial charge in [0.05, 0.1) is 0 Å². The summed E-state index contributed by atoms with van der Waals surface area (Å²) in [5, 5.41) is 0. The van der Waals surface area contributed by atoms with E-state index in [1.807, 2.05) is 0 Å². The van der Waals surface area contributed by atoms with Crippen LogP contribution in [0.25, 0.3) is 0 Å². The van der Waals surface area contributed by atoms with Crippen LogP contribution in [0.2, 0.25) is 0 Å². The van der Waals surface area contributed by atoms with Crippen molar-refractivity contribution in [1.82, 2.24) is 4.90 Å². The highest BCUT2D eigenvalue weighted by Crippen LogP contribution is 2.26. The first-order chi connectivity index (χ1) is 7.06. The molecule has 0 aliphatic heterocycles. The number of rotatable bonds is 5. The molecule has 15 heavy (non-hydrogen) atoms. The Morgan fingerprint density at radius 3 is 2.40 bits per heavy atom. The van der Waals surface area contributed by atoms with Crippen LogP contribution in [0.3, 0.4) is 0 Å². The lowest BCUT2D eigenvalue weighted by Gasteiger charge is -2.37. The number of nitrogens with zero attached hydrogens (tertiary/aromatic N) is 1. The maximum absolute atomic E-state index is 6.44. The summed E-state index contributed by atoms with van der Waals surface area (Å²) >= 11 is 0. The molecule has 1 saturated carbocycles. The average Bonchev–Trinajstić information content (AvgIpc) is 2.17. The van der Waals surface area contributed by atoms with Crippen LogP contribution in [-0.4, -0.2) is 30.6 Å². The van der Waals surface area contributed by atoms with Gasteiger partial charge in [0.2, 0.25) is 0 Å². The molecule has 2 nitrogen and oxygen atoms in total. The van der Waals surface area contributed by atoms with Crippen molar-refractivity contribution in [2.24, 2.45) is 11.7 Å². The second-order valence-corrected chi connectivity index (χ2v) is 5.63. The van der Waals surface area contributed by atoms with Gasteiger partial charge in [0, 0.05) is 18.6 Å². The Balaban J connectivity index is 2.31. The van der Waals surface area contributed by atoms with Crippen LogP contribution in [-0.2, 0) is 0 Å². The predicted molar refractivity (Wildman–Crippen MR) is 67.0 cm³/mol. The molecule has 2 N–H and O–H groups in total. The van der Waals surface area contributed by atoms with Crippen molar-refractivity contribution in [1.29, 1.82) is 0 Å². The van der Waals surface area contributed by atoms with Crippen LogP contribution in [0.4, 0.5) is 0 Å². The van der Waals surface area contributed by atoms with Crippen LogP contribution >= 0.6 is 0 Å². The number of nitrogens with two attached hydrogens (primary N) is 1. The van der Waals surface area contributed by atoms with E-state index >= 15 is 0 Å². The van der Waals surface area contributed by atoms with Crippen molar-refractivity contribution in [3.8, 4) is 0 Å². The molecular formula is C13H28N2. The van der Waals surface area contributed by atoms with Crippen LogP contribution in [0.5, 0.6) is 0 Å². The molecule has 0 saturated heterocycles. The van der Waals surface area contributed by atoms with E-state index in [2.05, 4.69) is 25.8 Å². The van der Waals surface area contributed by atoms with Gasteiger partial charge in [-0.25, -0.2) is 0 Å². The number of likely N-dealkylation sites (N-methyl/N-ethyl adjacent to an activating group) is 1. The largest absolute Gasteiger partial charge is 0.324 e. The molecular weight excluding hydrogens is 184 g/mol. The van der Waals surface area contributed by atoms with E-state index < -0.39 is 0 Å². The lowest BCUT2D eigenvalue weighted by atomic mass is 9.82. The summed E-state index contributed by atoms with van der Waals surface area (Å²) < 4.78 is 0. The molecule has 1 aliphatic rings. The van der Waals surface area contributed by atoms with E-state index in [-0.39, 0.29) is 5.54 Å². The van der Waals surface area contributed by atoms with Gasteiger partial charge in [-0.1, -0.05) is 39.5 Å². The smallest absolute Gasteiger partial charge is 0.0283 e. The molecule has 1 aliphatic carbocycles. The van der Waals surface area contributed by atoms with Gasteiger partial charge in [-0.05, 0) is 25.8 Å². The van der Waals surface area contributed by atoms with Crippen molar-refractivity contribution < 1.29 is 0 Å². The SMILES string of the molecule is CCC(C)CN(C)CC1(N)CCCCC1. The summed E-state index contributed by atoms with van der Waals surface area (Å²) in [7, 11) is 2.22. The van der Waals surface area contributed by atoms with E-state index in [4.69, 9.17) is 5.73 Å². The monoisotopic (exact) mass is 212 g/mol. The normalized spacial score (nSPS) is 23.0.